The molecule has 0 radical (unpaired) electrons. The van der Waals surface area contributed by atoms with Crippen molar-refractivity contribution < 1.29 is 4.79 Å². The molecule has 0 aliphatic heterocycles. The van der Waals surface area contributed by atoms with E-state index in [0.29, 0.717) is 34.3 Å². The van der Waals surface area contributed by atoms with Gasteiger partial charge in [0.15, 0.2) is 0 Å². The Morgan fingerprint density at radius 1 is 1.43 bits per heavy atom. The van der Waals surface area contributed by atoms with Gasteiger partial charge in [-0.15, -0.1) is 11.8 Å². The molecule has 0 spiro atoms. The second-order valence-corrected chi connectivity index (χ2v) is 7.28. The Morgan fingerprint density at radius 2 is 2.19 bits per heavy atom. The summed E-state index contributed by atoms with van der Waals surface area (Å²) in [6.07, 6.45) is 3.54. The fraction of sp³-hybridized carbons (Fsp3) is 0.562. The number of amides is 1. The molecule has 1 aliphatic carbocycles. The van der Waals surface area contributed by atoms with Gasteiger partial charge in [-0.05, 0) is 30.4 Å². The number of hydrogen-bond donors (Lipinski definition) is 2. The summed E-state index contributed by atoms with van der Waals surface area (Å²) in [5.41, 5.74) is 6.52. The van der Waals surface area contributed by atoms with Crippen LogP contribution in [0.3, 0.4) is 0 Å². The Labute approximate surface area is 136 Å². The van der Waals surface area contributed by atoms with Crippen molar-refractivity contribution in [2.45, 2.75) is 44.0 Å². The summed E-state index contributed by atoms with van der Waals surface area (Å²) in [7, 11) is 0. The van der Waals surface area contributed by atoms with Crippen molar-refractivity contribution in [1.29, 1.82) is 0 Å². The molecule has 0 heterocycles. The first-order valence-electron chi connectivity index (χ1n) is 7.45. The van der Waals surface area contributed by atoms with Crippen LogP contribution >= 0.6 is 23.4 Å². The number of halogens is 1. The summed E-state index contributed by atoms with van der Waals surface area (Å²) >= 11 is 7.52. The minimum atomic E-state index is 0.0604. The smallest absolute Gasteiger partial charge is 0.230 e. The average molecular weight is 327 g/mol. The number of carbonyl (C=O) groups excluding carboxylic acids is 1. The molecule has 5 heteroatoms. The van der Waals surface area contributed by atoms with E-state index in [4.69, 9.17) is 17.3 Å². The third kappa shape index (κ3) is 4.30. The summed E-state index contributed by atoms with van der Waals surface area (Å²) in [6, 6.07) is 5.71. The van der Waals surface area contributed by atoms with Crippen LogP contribution in [-0.4, -0.2) is 17.7 Å². The lowest BCUT2D eigenvalue weighted by Crippen LogP contribution is -2.44. The molecule has 3 atom stereocenters. The third-order valence-electron chi connectivity index (χ3n) is 4.40. The van der Waals surface area contributed by atoms with Gasteiger partial charge >= 0.3 is 0 Å². The van der Waals surface area contributed by atoms with Crippen LogP contribution < -0.4 is 11.1 Å². The van der Waals surface area contributed by atoms with Crippen LogP contribution in [0.1, 0.15) is 33.1 Å². The van der Waals surface area contributed by atoms with Crippen molar-refractivity contribution in [2.24, 2.45) is 11.8 Å². The number of rotatable bonds is 4. The maximum absolute atomic E-state index is 12.1. The molecule has 3 N–H and O–H groups in total. The lowest BCUT2D eigenvalue weighted by atomic mass is 9.78. The summed E-state index contributed by atoms with van der Waals surface area (Å²) in [5, 5.41) is 3.77. The molecule has 1 saturated carbocycles. The average Bonchev–Trinajstić information content (AvgIpc) is 2.43. The number of anilines is 1. The molecule has 116 valence electrons. The monoisotopic (exact) mass is 326 g/mol. The van der Waals surface area contributed by atoms with E-state index in [-0.39, 0.29) is 5.91 Å². The zero-order chi connectivity index (χ0) is 15.4. The SMILES string of the molecule is CC1CCCC(NC(=O)CSc2c(N)cccc2Cl)C1C. The second kappa shape index (κ2) is 7.41. The van der Waals surface area contributed by atoms with E-state index >= 15 is 0 Å². The third-order valence-corrected chi connectivity index (χ3v) is 5.98. The molecule has 3 unspecified atom stereocenters. The van der Waals surface area contributed by atoms with Gasteiger partial charge in [-0.25, -0.2) is 0 Å². The Bertz CT molecular complexity index is 489. The first-order valence-corrected chi connectivity index (χ1v) is 8.81. The van der Waals surface area contributed by atoms with E-state index in [1.165, 1.54) is 24.6 Å². The first-order chi connectivity index (χ1) is 9.99. The maximum atomic E-state index is 12.1. The predicted molar refractivity (Wildman–Crippen MR) is 90.7 cm³/mol. The molecule has 1 amide bonds. The molecule has 1 aromatic carbocycles. The van der Waals surface area contributed by atoms with Crippen molar-refractivity contribution in [1.82, 2.24) is 5.32 Å². The minimum absolute atomic E-state index is 0.0604. The highest BCUT2D eigenvalue weighted by Gasteiger charge is 2.28. The standard InChI is InChI=1S/C16H23ClN2OS/c1-10-5-3-8-14(11(10)2)19-15(20)9-21-16-12(17)6-4-7-13(16)18/h4,6-7,10-11,14H,3,5,8-9,18H2,1-2H3,(H,19,20). The molecule has 0 bridgehead atoms. The second-order valence-electron chi connectivity index (χ2n) is 5.89. The van der Waals surface area contributed by atoms with E-state index < -0.39 is 0 Å². The zero-order valence-electron chi connectivity index (χ0n) is 12.6. The predicted octanol–water partition coefficient (Wildman–Crippen LogP) is 3.96. The summed E-state index contributed by atoms with van der Waals surface area (Å²) in [5.74, 6) is 1.63. The Kier molecular flexibility index (Phi) is 5.82. The van der Waals surface area contributed by atoms with Crippen LogP contribution in [0.25, 0.3) is 0 Å². The molecule has 1 aliphatic rings. The van der Waals surface area contributed by atoms with Gasteiger partial charge in [-0.1, -0.05) is 44.4 Å². The van der Waals surface area contributed by atoms with Crippen molar-refractivity contribution in [3.8, 4) is 0 Å². The van der Waals surface area contributed by atoms with Crippen LogP contribution in [0.15, 0.2) is 23.1 Å². The molecular weight excluding hydrogens is 304 g/mol. The van der Waals surface area contributed by atoms with Gasteiger partial charge in [-0.2, -0.15) is 0 Å². The van der Waals surface area contributed by atoms with Gasteiger partial charge in [0.2, 0.25) is 5.91 Å². The fourth-order valence-corrected chi connectivity index (χ4v) is 3.99. The highest BCUT2D eigenvalue weighted by molar-refractivity contribution is 8.00. The van der Waals surface area contributed by atoms with Crippen molar-refractivity contribution in [3.63, 3.8) is 0 Å². The molecule has 1 fully saturated rings. The lowest BCUT2D eigenvalue weighted by Gasteiger charge is -2.34. The van der Waals surface area contributed by atoms with Crippen LogP contribution in [0.2, 0.25) is 5.02 Å². The number of carbonyl (C=O) groups is 1. The van der Waals surface area contributed by atoms with Crippen LogP contribution in [-0.2, 0) is 4.79 Å². The Morgan fingerprint density at radius 3 is 2.90 bits per heavy atom. The highest BCUT2D eigenvalue weighted by Crippen LogP contribution is 2.33. The highest BCUT2D eigenvalue weighted by atomic mass is 35.5. The minimum Gasteiger partial charge on any atom is -0.398 e. The number of thioether (sulfide) groups is 1. The quantitative estimate of drug-likeness (QED) is 0.650. The first kappa shape index (κ1) is 16.5. The van der Waals surface area contributed by atoms with Crippen LogP contribution in [0, 0.1) is 11.8 Å². The normalized spacial score (nSPS) is 25.6. The van der Waals surface area contributed by atoms with Gasteiger partial charge in [0, 0.05) is 16.6 Å². The summed E-state index contributed by atoms with van der Waals surface area (Å²) in [4.78, 5) is 12.9. The van der Waals surface area contributed by atoms with Gasteiger partial charge < -0.3 is 11.1 Å². The Balaban J connectivity index is 1.88. The molecular formula is C16H23ClN2OS. The fourth-order valence-electron chi connectivity index (χ4n) is 2.85. The zero-order valence-corrected chi connectivity index (χ0v) is 14.1. The van der Waals surface area contributed by atoms with Crippen molar-refractivity contribution >= 4 is 35.0 Å². The molecule has 1 aromatic rings. The van der Waals surface area contributed by atoms with E-state index in [1.54, 1.807) is 12.1 Å². The van der Waals surface area contributed by atoms with Gasteiger partial charge in [0.05, 0.1) is 10.8 Å². The molecule has 21 heavy (non-hydrogen) atoms. The van der Waals surface area contributed by atoms with E-state index in [2.05, 4.69) is 19.2 Å². The van der Waals surface area contributed by atoms with Crippen molar-refractivity contribution in [3.05, 3.63) is 23.2 Å². The number of benzene rings is 1. The van der Waals surface area contributed by atoms with Gasteiger partial charge in [0.1, 0.15) is 0 Å². The number of nitrogens with two attached hydrogens (primary N) is 1. The largest absolute Gasteiger partial charge is 0.398 e. The summed E-state index contributed by atoms with van der Waals surface area (Å²) in [6.45, 7) is 4.50. The number of nitrogens with one attached hydrogen (secondary N) is 1. The maximum Gasteiger partial charge on any atom is 0.230 e. The molecule has 2 rings (SSSR count). The number of hydrogen-bond acceptors (Lipinski definition) is 3. The lowest BCUT2D eigenvalue weighted by molar-refractivity contribution is -0.119. The van der Waals surface area contributed by atoms with Gasteiger partial charge in [0.25, 0.3) is 0 Å². The van der Waals surface area contributed by atoms with Crippen LogP contribution in [0.4, 0.5) is 5.69 Å². The van der Waals surface area contributed by atoms with E-state index in [9.17, 15) is 4.79 Å². The molecule has 0 saturated heterocycles. The van der Waals surface area contributed by atoms with Crippen molar-refractivity contribution in [2.75, 3.05) is 11.5 Å². The Hall–Kier alpha value is -0.870. The van der Waals surface area contributed by atoms with E-state index in [0.717, 1.165) is 11.3 Å². The summed E-state index contributed by atoms with van der Waals surface area (Å²) < 4.78 is 0. The topological polar surface area (TPSA) is 55.1 Å². The molecule has 3 nitrogen and oxygen atoms in total. The van der Waals surface area contributed by atoms with Crippen LogP contribution in [0.5, 0.6) is 0 Å². The number of nitrogen functional groups attached to an aromatic ring is 1. The molecule has 0 aromatic heterocycles. The van der Waals surface area contributed by atoms with Gasteiger partial charge in [-0.3, -0.25) is 4.79 Å². The van der Waals surface area contributed by atoms with E-state index in [1.807, 2.05) is 6.07 Å².